The molecule has 11 heteroatoms. The Morgan fingerprint density at radius 2 is 1.25 bits per heavy atom. The number of carbonyl (C=O) groups is 5. The van der Waals surface area contributed by atoms with E-state index in [1.165, 1.54) is 0 Å². The summed E-state index contributed by atoms with van der Waals surface area (Å²) in [5.74, 6) is -4.14. The quantitative estimate of drug-likeness (QED) is 0.104. The number of unbranched alkanes of at least 4 members (excludes halogenated alkanes) is 1. The van der Waals surface area contributed by atoms with Crippen molar-refractivity contribution < 1.29 is 29.1 Å². The number of nitrogens with one attached hydrogen (secondary N) is 4. The van der Waals surface area contributed by atoms with E-state index < -0.39 is 53.7 Å². The zero-order chi connectivity index (χ0) is 35.6. The molecule has 2 rings (SSSR count). The van der Waals surface area contributed by atoms with Gasteiger partial charge in [-0.15, -0.1) is 0 Å². The van der Waals surface area contributed by atoms with Crippen LogP contribution < -0.4 is 27.0 Å². The van der Waals surface area contributed by atoms with Gasteiger partial charge in [0.2, 0.25) is 17.7 Å². The van der Waals surface area contributed by atoms with Crippen molar-refractivity contribution in [2.45, 2.75) is 96.8 Å². The van der Waals surface area contributed by atoms with Gasteiger partial charge in [-0.3, -0.25) is 24.0 Å². The molecule has 0 aromatic heterocycles. The van der Waals surface area contributed by atoms with Crippen molar-refractivity contribution in [3.05, 3.63) is 71.8 Å². The summed E-state index contributed by atoms with van der Waals surface area (Å²) in [6.07, 6.45) is 2.51. The number of rotatable bonds is 22. The number of likely N-dealkylation sites (N-methyl/N-ethyl adjacent to an activating group) is 1. The van der Waals surface area contributed by atoms with Crippen LogP contribution in [0.15, 0.2) is 60.7 Å². The van der Waals surface area contributed by atoms with E-state index in [0.29, 0.717) is 19.4 Å². The van der Waals surface area contributed by atoms with Crippen molar-refractivity contribution >= 4 is 29.5 Å². The number of hydrogen-bond donors (Lipinski definition) is 6. The van der Waals surface area contributed by atoms with Crippen molar-refractivity contribution in [3.63, 3.8) is 0 Å². The zero-order valence-electron chi connectivity index (χ0n) is 29.0. The van der Waals surface area contributed by atoms with Gasteiger partial charge in [-0.05, 0) is 68.7 Å². The summed E-state index contributed by atoms with van der Waals surface area (Å²) in [6.45, 7) is 7.98. The third-order valence-electron chi connectivity index (χ3n) is 8.31. The summed E-state index contributed by atoms with van der Waals surface area (Å²) in [5, 5.41) is 21.5. The van der Waals surface area contributed by atoms with E-state index in [9.17, 15) is 29.1 Å². The molecule has 3 amide bonds. The third-order valence-corrected chi connectivity index (χ3v) is 8.31. The first kappa shape index (κ1) is 40.1. The molecule has 2 unspecified atom stereocenters. The lowest BCUT2D eigenvalue weighted by atomic mass is 9.90. The van der Waals surface area contributed by atoms with Gasteiger partial charge < -0.3 is 32.1 Å². The Bertz CT molecular complexity index is 1300. The van der Waals surface area contributed by atoms with E-state index in [4.69, 9.17) is 5.73 Å². The van der Waals surface area contributed by atoms with E-state index in [-0.39, 0.29) is 37.0 Å². The van der Waals surface area contributed by atoms with Crippen molar-refractivity contribution in [2.24, 2.45) is 23.5 Å². The molecule has 11 nitrogen and oxygen atoms in total. The Morgan fingerprint density at radius 3 is 1.75 bits per heavy atom. The molecule has 0 bridgehead atoms. The molecule has 0 spiro atoms. The summed E-state index contributed by atoms with van der Waals surface area (Å²) in [7, 11) is 1.69. The van der Waals surface area contributed by atoms with Crippen LogP contribution in [0.5, 0.6) is 0 Å². The van der Waals surface area contributed by atoms with Gasteiger partial charge in [-0.1, -0.05) is 94.8 Å². The molecule has 0 aliphatic carbocycles. The van der Waals surface area contributed by atoms with Gasteiger partial charge in [-0.25, -0.2) is 0 Å². The number of amides is 3. The number of ketones is 1. The number of nitrogens with two attached hydrogens (primary N) is 1. The lowest BCUT2D eigenvalue weighted by molar-refractivity contribution is -0.144. The normalized spacial score (nSPS) is 14.4. The SMILES string of the molecule is CN[C@@H](CCCCN)C(=O)NC(CC(C)C)C(=O)N[C@H](C(=O)NC(Cc1ccccc1)C(=O)C[C@@H](Cc1ccccc1)C(=O)O)C(C)C. The molecule has 0 radical (unpaired) electrons. The summed E-state index contributed by atoms with van der Waals surface area (Å²) >= 11 is 0. The minimum Gasteiger partial charge on any atom is -0.481 e. The Labute approximate surface area is 285 Å². The number of carboxylic acid groups (broad SMARTS) is 1. The largest absolute Gasteiger partial charge is 0.481 e. The van der Waals surface area contributed by atoms with Gasteiger partial charge in [0.15, 0.2) is 5.78 Å². The molecule has 48 heavy (non-hydrogen) atoms. The molecule has 0 heterocycles. The summed E-state index contributed by atoms with van der Waals surface area (Å²) in [5.41, 5.74) is 7.19. The number of carbonyl (C=O) groups excluding carboxylic acids is 4. The van der Waals surface area contributed by atoms with Crippen molar-refractivity contribution in [2.75, 3.05) is 13.6 Å². The summed E-state index contributed by atoms with van der Waals surface area (Å²) < 4.78 is 0. The number of carboxylic acids is 1. The molecular weight excluding hydrogens is 610 g/mol. The summed E-state index contributed by atoms with van der Waals surface area (Å²) in [6, 6.07) is 14.8. The fraction of sp³-hybridized carbons (Fsp3) is 0.541. The minimum atomic E-state index is -1.09. The maximum Gasteiger partial charge on any atom is 0.307 e. The van der Waals surface area contributed by atoms with E-state index in [2.05, 4.69) is 21.3 Å². The lowest BCUT2D eigenvalue weighted by Crippen LogP contribution is -2.59. The molecule has 5 atom stereocenters. The van der Waals surface area contributed by atoms with E-state index in [1.807, 2.05) is 74.5 Å². The average molecular weight is 666 g/mol. The number of Topliss-reactive ketones (excluding diaryl/α,β-unsaturated/α-hetero) is 1. The van der Waals surface area contributed by atoms with Crippen LogP contribution in [0.4, 0.5) is 0 Å². The number of benzene rings is 2. The fourth-order valence-corrected chi connectivity index (χ4v) is 5.55. The van der Waals surface area contributed by atoms with Crippen LogP contribution >= 0.6 is 0 Å². The van der Waals surface area contributed by atoms with Crippen molar-refractivity contribution in [1.29, 1.82) is 0 Å². The van der Waals surface area contributed by atoms with Crippen molar-refractivity contribution in [3.8, 4) is 0 Å². The molecule has 2 aromatic carbocycles. The highest BCUT2D eigenvalue weighted by molar-refractivity contribution is 5.96. The Kier molecular flexibility index (Phi) is 17.5. The van der Waals surface area contributed by atoms with Gasteiger partial charge in [0, 0.05) is 6.42 Å². The smallest absolute Gasteiger partial charge is 0.307 e. The van der Waals surface area contributed by atoms with Crippen LogP contribution in [-0.4, -0.2) is 72.3 Å². The fourth-order valence-electron chi connectivity index (χ4n) is 5.55. The Morgan fingerprint density at radius 1 is 0.708 bits per heavy atom. The molecule has 264 valence electrons. The highest BCUT2D eigenvalue weighted by Gasteiger charge is 2.34. The molecule has 0 saturated heterocycles. The molecule has 7 N–H and O–H groups in total. The third kappa shape index (κ3) is 13.9. The molecule has 0 saturated carbocycles. The zero-order valence-corrected chi connectivity index (χ0v) is 29.0. The Balaban J connectivity index is 2.25. The van der Waals surface area contributed by atoms with Gasteiger partial charge in [-0.2, -0.15) is 0 Å². The molecule has 2 aromatic rings. The highest BCUT2D eigenvalue weighted by Crippen LogP contribution is 2.17. The van der Waals surface area contributed by atoms with Crippen molar-refractivity contribution in [1.82, 2.24) is 21.3 Å². The predicted molar refractivity (Wildman–Crippen MR) is 187 cm³/mol. The molecule has 0 fully saturated rings. The van der Waals surface area contributed by atoms with E-state index in [0.717, 1.165) is 24.0 Å². The van der Waals surface area contributed by atoms with Gasteiger partial charge in [0.25, 0.3) is 0 Å². The monoisotopic (exact) mass is 665 g/mol. The first-order valence-corrected chi connectivity index (χ1v) is 17.0. The van der Waals surface area contributed by atoms with Gasteiger partial charge in [0.05, 0.1) is 18.0 Å². The van der Waals surface area contributed by atoms with Crippen LogP contribution in [0.3, 0.4) is 0 Å². The van der Waals surface area contributed by atoms with Crippen LogP contribution in [0.1, 0.15) is 70.9 Å². The highest BCUT2D eigenvalue weighted by atomic mass is 16.4. The summed E-state index contributed by atoms with van der Waals surface area (Å²) in [4.78, 5) is 66.5. The van der Waals surface area contributed by atoms with E-state index in [1.54, 1.807) is 20.9 Å². The van der Waals surface area contributed by atoms with Crippen LogP contribution in [0.25, 0.3) is 0 Å². The van der Waals surface area contributed by atoms with E-state index >= 15 is 0 Å². The maximum absolute atomic E-state index is 13.8. The first-order chi connectivity index (χ1) is 22.9. The van der Waals surface area contributed by atoms with Gasteiger partial charge >= 0.3 is 5.97 Å². The van der Waals surface area contributed by atoms with Crippen LogP contribution in [0, 0.1) is 17.8 Å². The molecule has 0 aliphatic rings. The van der Waals surface area contributed by atoms with Crippen LogP contribution in [-0.2, 0) is 36.8 Å². The average Bonchev–Trinajstić information content (AvgIpc) is 3.05. The molecular formula is C37H55N5O6. The van der Waals surface area contributed by atoms with Gasteiger partial charge in [0.1, 0.15) is 12.1 Å². The Hall–Kier alpha value is -4.09. The minimum absolute atomic E-state index is 0.0728. The molecule has 0 aliphatic heterocycles. The predicted octanol–water partition coefficient (Wildman–Crippen LogP) is 3.01. The topological polar surface area (TPSA) is 180 Å². The first-order valence-electron chi connectivity index (χ1n) is 17.0. The standard InChI is InChI=1S/C37H55N5O6/c1-24(2)20-31(41-34(44)29(39-5)18-12-13-19-38)35(45)42-33(25(3)4)36(46)40-30(22-27-16-10-7-11-17-27)32(43)23-28(37(47)48)21-26-14-8-6-9-15-26/h6-11,14-17,24-25,28-31,33,39H,12-13,18-23,38H2,1-5H3,(H,40,46)(H,41,44)(H,42,45)(H,47,48)/t28-,29+,30?,31?,33+/m1/s1. The second-order valence-electron chi connectivity index (χ2n) is 13.2. The second kappa shape index (κ2) is 21.0. The van der Waals surface area contributed by atoms with Crippen LogP contribution in [0.2, 0.25) is 0 Å². The number of hydrogen-bond acceptors (Lipinski definition) is 7. The lowest BCUT2D eigenvalue weighted by Gasteiger charge is -2.29. The number of aliphatic carboxylic acids is 1. The second-order valence-corrected chi connectivity index (χ2v) is 13.2. The maximum atomic E-state index is 13.8.